The van der Waals surface area contributed by atoms with Crippen LogP contribution in [-0.2, 0) is 6.54 Å². The van der Waals surface area contributed by atoms with Crippen LogP contribution in [0.4, 0.5) is 10.3 Å². The van der Waals surface area contributed by atoms with E-state index in [1.54, 1.807) is 23.1 Å². The molecule has 8 nitrogen and oxygen atoms in total. The zero-order chi connectivity index (χ0) is 17.8. The molecule has 1 N–H and O–H groups in total. The van der Waals surface area contributed by atoms with Gasteiger partial charge in [0.25, 0.3) is 5.91 Å². The monoisotopic (exact) mass is 344 g/mol. The Morgan fingerprint density at radius 3 is 2.80 bits per heavy atom. The second-order valence-corrected chi connectivity index (χ2v) is 5.67. The van der Waals surface area contributed by atoms with Crippen LogP contribution in [0, 0.1) is 5.82 Å². The maximum atomic E-state index is 13.0. The molecular weight excluding hydrogens is 327 g/mol. The molecule has 3 aromatic rings. The molecule has 0 saturated heterocycles. The highest BCUT2D eigenvalue weighted by Gasteiger charge is 2.16. The Balaban J connectivity index is 1.65. The van der Waals surface area contributed by atoms with Crippen molar-refractivity contribution in [2.45, 2.75) is 6.54 Å². The van der Waals surface area contributed by atoms with E-state index in [9.17, 15) is 9.18 Å². The normalized spacial score (nSPS) is 11.0. The van der Waals surface area contributed by atoms with E-state index in [0.29, 0.717) is 17.8 Å². The number of nitrogens with one attached hydrogen (secondary N) is 1. The van der Waals surface area contributed by atoms with Crippen LogP contribution in [0.1, 0.15) is 10.6 Å². The number of benzene rings is 1. The first-order valence-electron chi connectivity index (χ1n) is 7.59. The molecule has 0 bridgehead atoms. The first-order chi connectivity index (χ1) is 12.0. The summed E-state index contributed by atoms with van der Waals surface area (Å²) < 4.78 is 19.6. The number of hydrogen-bond acceptors (Lipinski definition) is 6. The van der Waals surface area contributed by atoms with Crippen LogP contribution in [0.25, 0.3) is 11.3 Å². The highest BCUT2D eigenvalue weighted by molar-refractivity contribution is 6.01. The first kappa shape index (κ1) is 16.8. The third-order valence-corrected chi connectivity index (χ3v) is 3.41. The summed E-state index contributed by atoms with van der Waals surface area (Å²) in [5.74, 6) is -0.653. The number of halogens is 1. The fraction of sp³-hybridized carbons (Fsp3) is 0.250. The summed E-state index contributed by atoms with van der Waals surface area (Å²) in [4.78, 5) is 18.2. The lowest BCUT2D eigenvalue weighted by Crippen LogP contribution is -2.19. The predicted molar refractivity (Wildman–Crippen MR) is 88.4 cm³/mol. The molecule has 1 aromatic carbocycles. The smallest absolute Gasteiger partial charge is 0.296 e. The molecule has 0 radical (unpaired) electrons. The van der Waals surface area contributed by atoms with Crippen molar-refractivity contribution >= 4 is 11.9 Å². The number of carbonyl (C=O) groups excluding carboxylic acids is 1. The molecule has 0 spiro atoms. The molecule has 0 aliphatic heterocycles. The Morgan fingerprint density at radius 1 is 1.32 bits per heavy atom. The van der Waals surface area contributed by atoms with Gasteiger partial charge in [-0.15, -0.1) is 5.10 Å². The third kappa shape index (κ3) is 4.27. The van der Waals surface area contributed by atoms with Gasteiger partial charge in [0.15, 0.2) is 0 Å². The van der Waals surface area contributed by atoms with E-state index in [-0.39, 0.29) is 17.5 Å². The van der Waals surface area contributed by atoms with E-state index in [0.717, 1.165) is 6.54 Å². The van der Waals surface area contributed by atoms with Crippen LogP contribution in [0.2, 0.25) is 0 Å². The van der Waals surface area contributed by atoms with Gasteiger partial charge in [-0.3, -0.25) is 10.1 Å². The summed E-state index contributed by atoms with van der Waals surface area (Å²) >= 11 is 0. The van der Waals surface area contributed by atoms with E-state index in [4.69, 9.17) is 4.52 Å². The fourth-order valence-electron chi connectivity index (χ4n) is 2.06. The highest BCUT2D eigenvalue weighted by Crippen LogP contribution is 2.19. The lowest BCUT2D eigenvalue weighted by atomic mass is 10.1. The molecule has 25 heavy (non-hydrogen) atoms. The van der Waals surface area contributed by atoms with Gasteiger partial charge >= 0.3 is 0 Å². The number of aromatic nitrogens is 4. The lowest BCUT2D eigenvalue weighted by Gasteiger charge is -2.07. The quantitative estimate of drug-likeness (QED) is 0.734. The molecule has 130 valence electrons. The zero-order valence-electron chi connectivity index (χ0n) is 13.8. The van der Waals surface area contributed by atoms with Crippen LogP contribution in [0.3, 0.4) is 0 Å². The minimum absolute atomic E-state index is 0.0176. The first-order valence-corrected chi connectivity index (χ1v) is 7.59. The molecule has 1 amide bonds. The van der Waals surface area contributed by atoms with E-state index >= 15 is 0 Å². The summed E-state index contributed by atoms with van der Waals surface area (Å²) in [5, 5.41) is 10.5. The predicted octanol–water partition coefficient (Wildman–Crippen LogP) is 1.89. The van der Waals surface area contributed by atoms with E-state index in [1.165, 1.54) is 18.2 Å². The largest absolute Gasteiger partial charge is 0.350 e. The molecule has 2 heterocycles. The molecular formula is C16H17FN6O2. The number of amides is 1. The number of nitrogens with zero attached hydrogens (tertiary/aromatic N) is 5. The van der Waals surface area contributed by atoms with Crippen LogP contribution in [0.5, 0.6) is 0 Å². The number of carbonyl (C=O) groups is 1. The van der Waals surface area contributed by atoms with Crippen molar-refractivity contribution in [3.05, 3.63) is 48.2 Å². The average Bonchev–Trinajstić information content (AvgIpc) is 3.23. The number of anilines is 1. The molecule has 0 fully saturated rings. The van der Waals surface area contributed by atoms with Gasteiger partial charge in [-0.1, -0.05) is 5.16 Å². The maximum Gasteiger partial charge on any atom is 0.296 e. The van der Waals surface area contributed by atoms with Gasteiger partial charge in [0.1, 0.15) is 17.8 Å². The SMILES string of the molecule is CN(C)CCn1cnc(NC(=O)c2cc(-c3ccc(F)cc3)no2)n1. The molecule has 0 atom stereocenters. The Hall–Kier alpha value is -3.07. The van der Waals surface area contributed by atoms with Crippen molar-refractivity contribution in [3.8, 4) is 11.3 Å². The Morgan fingerprint density at radius 2 is 2.08 bits per heavy atom. The van der Waals surface area contributed by atoms with Crippen LogP contribution in [-0.4, -0.2) is 51.4 Å². The summed E-state index contributed by atoms with van der Waals surface area (Å²) in [6.45, 7) is 1.47. The van der Waals surface area contributed by atoms with E-state index in [2.05, 4.69) is 20.6 Å². The Bertz CT molecular complexity index is 856. The van der Waals surface area contributed by atoms with Crippen LogP contribution < -0.4 is 5.32 Å². The van der Waals surface area contributed by atoms with Crippen molar-refractivity contribution in [2.24, 2.45) is 0 Å². The van der Waals surface area contributed by atoms with Gasteiger partial charge in [-0.25, -0.2) is 14.1 Å². The van der Waals surface area contributed by atoms with Gasteiger partial charge in [-0.2, -0.15) is 0 Å². The van der Waals surface area contributed by atoms with Gasteiger partial charge in [0, 0.05) is 18.2 Å². The van der Waals surface area contributed by atoms with Crippen molar-refractivity contribution in [1.29, 1.82) is 0 Å². The van der Waals surface area contributed by atoms with Gasteiger partial charge in [0.2, 0.25) is 11.7 Å². The average molecular weight is 344 g/mol. The van der Waals surface area contributed by atoms with Gasteiger partial charge in [0.05, 0.1) is 6.54 Å². The molecule has 3 rings (SSSR count). The van der Waals surface area contributed by atoms with Crippen LogP contribution >= 0.6 is 0 Å². The van der Waals surface area contributed by atoms with Crippen LogP contribution in [0.15, 0.2) is 41.2 Å². The topological polar surface area (TPSA) is 89.1 Å². The molecule has 0 aliphatic rings. The summed E-state index contributed by atoms with van der Waals surface area (Å²) in [7, 11) is 3.92. The van der Waals surface area contributed by atoms with Crippen molar-refractivity contribution in [3.63, 3.8) is 0 Å². The minimum atomic E-state index is -0.508. The van der Waals surface area contributed by atoms with E-state index in [1.807, 2.05) is 19.0 Å². The minimum Gasteiger partial charge on any atom is -0.350 e. The summed E-state index contributed by atoms with van der Waals surface area (Å²) in [5.41, 5.74) is 1.09. The van der Waals surface area contributed by atoms with E-state index < -0.39 is 5.91 Å². The lowest BCUT2D eigenvalue weighted by molar-refractivity contribution is 0.0987. The van der Waals surface area contributed by atoms with Gasteiger partial charge < -0.3 is 9.42 Å². The molecule has 2 aromatic heterocycles. The fourth-order valence-corrected chi connectivity index (χ4v) is 2.06. The Labute approximate surface area is 143 Å². The zero-order valence-corrected chi connectivity index (χ0v) is 13.8. The van der Waals surface area contributed by atoms with Crippen molar-refractivity contribution in [1.82, 2.24) is 24.8 Å². The molecule has 9 heteroatoms. The Kier molecular flexibility index (Phi) is 4.85. The third-order valence-electron chi connectivity index (χ3n) is 3.41. The molecule has 0 unspecified atom stereocenters. The summed E-state index contributed by atoms with van der Waals surface area (Å²) in [6.07, 6.45) is 1.55. The number of hydrogen-bond donors (Lipinski definition) is 1. The second kappa shape index (κ2) is 7.22. The standard InChI is InChI=1S/C16H17FN6O2/c1-22(2)7-8-23-10-18-16(20-23)19-15(24)14-9-13(21-25-14)11-3-5-12(17)6-4-11/h3-6,9-10H,7-8H2,1-2H3,(H,19,20,24). The highest BCUT2D eigenvalue weighted by atomic mass is 19.1. The van der Waals surface area contributed by atoms with Crippen molar-refractivity contribution in [2.75, 3.05) is 26.0 Å². The maximum absolute atomic E-state index is 13.0. The molecule has 0 aliphatic carbocycles. The number of likely N-dealkylation sites (N-methyl/N-ethyl adjacent to an activating group) is 1. The van der Waals surface area contributed by atoms with Gasteiger partial charge in [-0.05, 0) is 38.4 Å². The summed E-state index contributed by atoms with van der Waals surface area (Å²) in [6, 6.07) is 7.22. The van der Waals surface area contributed by atoms with Crippen molar-refractivity contribution < 1.29 is 13.7 Å². The molecule has 0 saturated carbocycles. The number of rotatable bonds is 6. The second-order valence-electron chi connectivity index (χ2n) is 5.67.